The molecule has 1 heterocycles. The maximum Gasteiger partial charge on any atom is 0.261 e. The van der Waals surface area contributed by atoms with E-state index in [9.17, 15) is 13.2 Å². The number of amides is 1. The molecule has 2 aromatic rings. The first-order valence-corrected chi connectivity index (χ1v) is 12.7. The van der Waals surface area contributed by atoms with Crippen LogP contribution in [0.1, 0.15) is 47.7 Å². The molecule has 1 N–H and O–H groups in total. The zero-order valence-corrected chi connectivity index (χ0v) is 18.8. The van der Waals surface area contributed by atoms with E-state index in [1.165, 1.54) is 17.8 Å². The van der Waals surface area contributed by atoms with Gasteiger partial charge in [0.2, 0.25) is 0 Å². The average Bonchev–Trinajstić information content (AvgIpc) is 2.74. The second-order valence-corrected chi connectivity index (χ2v) is 9.81. The van der Waals surface area contributed by atoms with Gasteiger partial charge in [0.05, 0.1) is 16.1 Å². The van der Waals surface area contributed by atoms with Gasteiger partial charge in [0, 0.05) is 18.0 Å². The number of anilines is 1. The first kappa shape index (κ1) is 21.7. The summed E-state index contributed by atoms with van der Waals surface area (Å²) < 4.78 is 29.0. The van der Waals surface area contributed by atoms with E-state index in [-0.39, 0.29) is 10.8 Å². The van der Waals surface area contributed by atoms with Crippen LogP contribution < -0.4 is 4.72 Å². The van der Waals surface area contributed by atoms with Gasteiger partial charge in [-0.1, -0.05) is 25.1 Å². The van der Waals surface area contributed by atoms with E-state index in [1.54, 1.807) is 12.1 Å². The quantitative estimate of drug-likeness (QED) is 0.672. The second kappa shape index (κ2) is 9.22. The number of para-hydroxylation sites is 1. The van der Waals surface area contributed by atoms with Crippen LogP contribution in [-0.2, 0) is 16.4 Å². The van der Waals surface area contributed by atoms with Crippen LogP contribution in [0.2, 0.25) is 0 Å². The monoisotopic (exact) mass is 432 g/mol. The number of thioether (sulfide) groups is 1. The summed E-state index contributed by atoms with van der Waals surface area (Å²) in [4.78, 5) is 15.8. The molecule has 29 heavy (non-hydrogen) atoms. The molecule has 1 fully saturated rings. The second-order valence-electron chi connectivity index (χ2n) is 7.28. The van der Waals surface area contributed by atoms with Crippen molar-refractivity contribution in [2.75, 3.05) is 24.1 Å². The molecule has 5 nitrogen and oxygen atoms in total. The molecule has 156 valence electrons. The molecule has 0 aromatic heterocycles. The van der Waals surface area contributed by atoms with Crippen molar-refractivity contribution in [3.8, 4) is 0 Å². The van der Waals surface area contributed by atoms with Gasteiger partial charge in [0.25, 0.3) is 15.9 Å². The maximum atomic E-state index is 13.1. The van der Waals surface area contributed by atoms with Crippen LogP contribution in [0, 0.1) is 6.92 Å². The number of likely N-dealkylation sites (tertiary alicyclic amines) is 1. The Bertz CT molecular complexity index is 997. The summed E-state index contributed by atoms with van der Waals surface area (Å²) in [6.07, 6.45) is 5.74. The fraction of sp³-hybridized carbons (Fsp3) is 0.409. The lowest BCUT2D eigenvalue weighted by atomic mass is 10.1. The summed E-state index contributed by atoms with van der Waals surface area (Å²) in [5, 5.41) is 0. The van der Waals surface area contributed by atoms with E-state index in [0.717, 1.165) is 54.8 Å². The zero-order valence-electron chi connectivity index (χ0n) is 17.2. The number of carbonyl (C=O) groups is 1. The van der Waals surface area contributed by atoms with Crippen LogP contribution in [0.15, 0.2) is 46.2 Å². The molecule has 0 bridgehead atoms. The van der Waals surface area contributed by atoms with Gasteiger partial charge in [0.1, 0.15) is 0 Å². The topological polar surface area (TPSA) is 66.5 Å². The van der Waals surface area contributed by atoms with E-state index in [1.807, 2.05) is 43.2 Å². The van der Waals surface area contributed by atoms with Crippen LogP contribution in [0.25, 0.3) is 0 Å². The van der Waals surface area contributed by atoms with Gasteiger partial charge in [-0.15, -0.1) is 11.8 Å². The van der Waals surface area contributed by atoms with Crippen LogP contribution >= 0.6 is 11.8 Å². The first-order valence-electron chi connectivity index (χ1n) is 9.96. The third-order valence-electron chi connectivity index (χ3n) is 5.33. The predicted molar refractivity (Wildman–Crippen MR) is 119 cm³/mol. The van der Waals surface area contributed by atoms with Gasteiger partial charge in [-0.3, -0.25) is 9.52 Å². The van der Waals surface area contributed by atoms with Crippen molar-refractivity contribution in [3.05, 3.63) is 53.1 Å². The number of benzene rings is 2. The number of aryl methyl sites for hydroxylation is 2. The van der Waals surface area contributed by atoms with Crippen molar-refractivity contribution < 1.29 is 13.2 Å². The third-order valence-corrected chi connectivity index (χ3v) is 7.47. The molecule has 1 aliphatic rings. The summed E-state index contributed by atoms with van der Waals surface area (Å²) >= 11 is 1.46. The summed E-state index contributed by atoms with van der Waals surface area (Å²) in [5.41, 5.74) is 2.90. The van der Waals surface area contributed by atoms with E-state index >= 15 is 0 Å². The summed E-state index contributed by atoms with van der Waals surface area (Å²) in [7, 11) is -3.81. The highest BCUT2D eigenvalue weighted by Crippen LogP contribution is 2.29. The number of rotatable bonds is 6. The van der Waals surface area contributed by atoms with E-state index < -0.39 is 10.0 Å². The fourth-order valence-electron chi connectivity index (χ4n) is 3.65. The zero-order chi connectivity index (χ0) is 21.0. The van der Waals surface area contributed by atoms with Gasteiger partial charge in [-0.05, 0) is 68.2 Å². The van der Waals surface area contributed by atoms with Gasteiger partial charge in [-0.2, -0.15) is 0 Å². The number of hydrogen-bond donors (Lipinski definition) is 1. The SMILES string of the molecule is CCc1cccc(C)c1NS(=O)(=O)c1ccc(SC)c(C(=O)N2CCCCC2)c1. The Morgan fingerprint density at radius 2 is 1.86 bits per heavy atom. The van der Waals surface area contributed by atoms with Crippen molar-refractivity contribution in [3.63, 3.8) is 0 Å². The van der Waals surface area contributed by atoms with Crippen molar-refractivity contribution in [2.45, 2.75) is 49.3 Å². The van der Waals surface area contributed by atoms with E-state index in [4.69, 9.17) is 0 Å². The Kier molecular flexibility index (Phi) is 6.90. The highest BCUT2D eigenvalue weighted by molar-refractivity contribution is 7.98. The van der Waals surface area contributed by atoms with E-state index in [2.05, 4.69) is 4.72 Å². The maximum absolute atomic E-state index is 13.1. The number of carbonyl (C=O) groups excluding carboxylic acids is 1. The van der Waals surface area contributed by atoms with Gasteiger partial charge in [-0.25, -0.2) is 8.42 Å². The van der Waals surface area contributed by atoms with Gasteiger partial charge < -0.3 is 4.90 Å². The predicted octanol–water partition coefficient (Wildman–Crippen LogP) is 4.71. The highest BCUT2D eigenvalue weighted by Gasteiger charge is 2.24. The largest absolute Gasteiger partial charge is 0.339 e. The molecule has 0 atom stereocenters. The number of nitrogens with one attached hydrogen (secondary N) is 1. The first-order chi connectivity index (χ1) is 13.9. The molecule has 0 unspecified atom stereocenters. The summed E-state index contributed by atoms with van der Waals surface area (Å²) in [6.45, 7) is 5.34. The standard InChI is InChI=1S/C22H28N2O3S2/c1-4-17-10-8-9-16(2)21(17)23-29(26,27)18-11-12-20(28-3)19(15-18)22(25)24-13-6-5-7-14-24/h8-12,15,23H,4-7,13-14H2,1-3H3. The smallest absolute Gasteiger partial charge is 0.261 e. The highest BCUT2D eigenvalue weighted by atomic mass is 32.2. The third kappa shape index (κ3) is 4.78. The molecule has 7 heteroatoms. The molecule has 0 radical (unpaired) electrons. The van der Waals surface area contributed by atoms with Crippen LogP contribution in [0.3, 0.4) is 0 Å². The fourth-order valence-corrected chi connectivity index (χ4v) is 5.42. The normalized spacial score (nSPS) is 14.7. The molecule has 0 spiro atoms. The molecule has 1 saturated heterocycles. The minimum Gasteiger partial charge on any atom is -0.339 e. The number of hydrogen-bond acceptors (Lipinski definition) is 4. The Morgan fingerprint density at radius 1 is 1.14 bits per heavy atom. The Morgan fingerprint density at radius 3 is 2.52 bits per heavy atom. The molecular weight excluding hydrogens is 404 g/mol. The van der Waals surface area contributed by atoms with Crippen LogP contribution in [-0.4, -0.2) is 38.6 Å². The Labute approximate surface area is 177 Å². The molecule has 0 saturated carbocycles. The van der Waals surface area contributed by atoms with Gasteiger partial charge >= 0.3 is 0 Å². The Hall–Kier alpha value is -1.99. The molecule has 3 rings (SSSR count). The van der Waals surface area contributed by atoms with Crippen LogP contribution in [0.5, 0.6) is 0 Å². The lowest BCUT2D eigenvalue weighted by Crippen LogP contribution is -2.36. The minimum absolute atomic E-state index is 0.0868. The van der Waals surface area contributed by atoms with Crippen LogP contribution in [0.4, 0.5) is 5.69 Å². The summed E-state index contributed by atoms with van der Waals surface area (Å²) in [5.74, 6) is -0.0868. The lowest BCUT2D eigenvalue weighted by Gasteiger charge is -2.27. The molecular formula is C22H28N2O3S2. The molecule has 1 aliphatic heterocycles. The number of nitrogens with zero attached hydrogens (tertiary/aromatic N) is 1. The van der Waals surface area contributed by atoms with Crippen molar-refractivity contribution in [2.24, 2.45) is 0 Å². The summed E-state index contributed by atoms with van der Waals surface area (Å²) in [6, 6.07) is 10.6. The number of piperidine rings is 1. The van der Waals surface area contributed by atoms with Crippen molar-refractivity contribution in [1.82, 2.24) is 4.90 Å². The lowest BCUT2D eigenvalue weighted by molar-refractivity contribution is 0.0720. The molecule has 1 amide bonds. The minimum atomic E-state index is -3.81. The van der Waals surface area contributed by atoms with Crippen molar-refractivity contribution in [1.29, 1.82) is 0 Å². The van der Waals surface area contributed by atoms with Gasteiger partial charge in [0.15, 0.2) is 0 Å². The average molecular weight is 433 g/mol. The molecule has 0 aliphatic carbocycles. The number of sulfonamides is 1. The van der Waals surface area contributed by atoms with E-state index in [0.29, 0.717) is 11.3 Å². The molecule has 2 aromatic carbocycles. The Balaban J connectivity index is 1.97. The van der Waals surface area contributed by atoms with Crippen molar-refractivity contribution >= 4 is 33.4 Å².